The predicted octanol–water partition coefficient (Wildman–Crippen LogP) is 4.30. The molecule has 25 heavy (non-hydrogen) atoms. The lowest BCUT2D eigenvalue weighted by molar-refractivity contribution is -0.144. The van der Waals surface area contributed by atoms with Gasteiger partial charge in [0.1, 0.15) is 18.5 Å². The SMILES string of the molecule is CC(C(=O)OCCCl)N(C(=O)c1ccccc1)c1ccc(F)c(Cl)c1. The topological polar surface area (TPSA) is 46.6 Å². The number of carbonyl (C=O) groups is 2. The van der Waals surface area contributed by atoms with Gasteiger partial charge in [0.05, 0.1) is 10.9 Å². The van der Waals surface area contributed by atoms with E-state index in [0.717, 1.165) is 6.07 Å². The molecular formula is C18H16Cl2FNO3. The number of nitrogens with zero attached hydrogens (tertiary/aromatic N) is 1. The average molecular weight is 384 g/mol. The monoisotopic (exact) mass is 383 g/mol. The van der Waals surface area contributed by atoms with Crippen molar-refractivity contribution in [2.45, 2.75) is 13.0 Å². The summed E-state index contributed by atoms with van der Waals surface area (Å²) in [6.07, 6.45) is 0. The van der Waals surface area contributed by atoms with Crippen molar-refractivity contribution in [1.29, 1.82) is 0 Å². The van der Waals surface area contributed by atoms with E-state index in [2.05, 4.69) is 0 Å². The molecule has 0 bridgehead atoms. The summed E-state index contributed by atoms with van der Waals surface area (Å²) < 4.78 is 18.5. The summed E-state index contributed by atoms with van der Waals surface area (Å²) in [5, 5.41) is -0.148. The molecule has 0 fully saturated rings. The molecule has 0 saturated heterocycles. The molecule has 0 heterocycles. The third kappa shape index (κ3) is 4.71. The minimum Gasteiger partial charge on any atom is -0.463 e. The fraction of sp³-hybridized carbons (Fsp3) is 0.222. The second-order valence-electron chi connectivity index (χ2n) is 5.17. The van der Waals surface area contributed by atoms with E-state index in [-0.39, 0.29) is 23.2 Å². The Labute approximate surface area is 155 Å². The maximum atomic E-state index is 13.5. The van der Waals surface area contributed by atoms with Crippen LogP contribution in [0.2, 0.25) is 5.02 Å². The largest absolute Gasteiger partial charge is 0.463 e. The highest BCUT2D eigenvalue weighted by molar-refractivity contribution is 6.31. The number of halogens is 3. The predicted molar refractivity (Wildman–Crippen MR) is 95.8 cm³/mol. The van der Waals surface area contributed by atoms with Crippen molar-refractivity contribution < 1.29 is 18.7 Å². The zero-order valence-electron chi connectivity index (χ0n) is 13.4. The molecule has 2 aromatic carbocycles. The number of amides is 1. The summed E-state index contributed by atoms with van der Waals surface area (Å²) in [5.74, 6) is -1.52. The minimum atomic E-state index is -0.947. The maximum absolute atomic E-state index is 13.5. The Hall–Kier alpha value is -2.11. The molecule has 1 unspecified atom stereocenters. The number of rotatable bonds is 6. The van der Waals surface area contributed by atoms with E-state index < -0.39 is 23.7 Å². The van der Waals surface area contributed by atoms with Gasteiger partial charge in [-0.05, 0) is 37.3 Å². The fourth-order valence-corrected chi connectivity index (χ4v) is 2.49. The van der Waals surface area contributed by atoms with E-state index in [0.29, 0.717) is 5.56 Å². The summed E-state index contributed by atoms with van der Waals surface area (Å²) in [7, 11) is 0. The number of carbonyl (C=O) groups excluding carboxylic acids is 2. The Morgan fingerprint density at radius 2 is 1.88 bits per heavy atom. The van der Waals surface area contributed by atoms with Gasteiger partial charge in [-0.2, -0.15) is 0 Å². The normalized spacial score (nSPS) is 11.7. The highest BCUT2D eigenvalue weighted by Gasteiger charge is 2.29. The van der Waals surface area contributed by atoms with E-state index in [9.17, 15) is 14.0 Å². The third-order valence-corrected chi connectivity index (χ3v) is 3.91. The molecule has 2 aromatic rings. The van der Waals surface area contributed by atoms with Gasteiger partial charge in [-0.3, -0.25) is 9.69 Å². The summed E-state index contributed by atoms with van der Waals surface area (Å²) >= 11 is 11.4. The summed E-state index contributed by atoms with van der Waals surface area (Å²) in [6, 6.07) is 11.3. The first-order valence-corrected chi connectivity index (χ1v) is 8.43. The second-order valence-corrected chi connectivity index (χ2v) is 5.96. The minimum absolute atomic E-state index is 0.0300. The summed E-state index contributed by atoms with van der Waals surface area (Å²) in [6.45, 7) is 1.55. The van der Waals surface area contributed by atoms with Gasteiger partial charge in [-0.15, -0.1) is 11.6 Å². The van der Waals surface area contributed by atoms with Crippen LogP contribution in [0.15, 0.2) is 48.5 Å². The van der Waals surface area contributed by atoms with Crippen molar-refractivity contribution in [3.63, 3.8) is 0 Å². The molecule has 7 heteroatoms. The molecule has 0 aromatic heterocycles. The van der Waals surface area contributed by atoms with Crippen LogP contribution in [0, 0.1) is 5.82 Å². The van der Waals surface area contributed by atoms with Gasteiger partial charge >= 0.3 is 5.97 Å². The Kier molecular flexibility index (Phi) is 6.79. The van der Waals surface area contributed by atoms with Crippen LogP contribution in [0.4, 0.5) is 10.1 Å². The second kappa shape index (κ2) is 8.83. The van der Waals surface area contributed by atoms with Crippen molar-refractivity contribution in [2.75, 3.05) is 17.4 Å². The zero-order chi connectivity index (χ0) is 18.4. The Morgan fingerprint density at radius 1 is 1.20 bits per heavy atom. The van der Waals surface area contributed by atoms with Crippen LogP contribution < -0.4 is 4.90 Å². The van der Waals surface area contributed by atoms with Crippen LogP contribution in [-0.2, 0) is 9.53 Å². The molecule has 0 aliphatic rings. The van der Waals surface area contributed by atoms with Gasteiger partial charge in [0, 0.05) is 11.3 Å². The number of hydrogen-bond donors (Lipinski definition) is 0. The summed E-state index contributed by atoms with van der Waals surface area (Å²) in [5.41, 5.74) is 0.663. The van der Waals surface area contributed by atoms with Gasteiger partial charge in [-0.1, -0.05) is 29.8 Å². The van der Waals surface area contributed by atoms with Gasteiger partial charge < -0.3 is 4.74 Å². The molecule has 4 nitrogen and oxygen atoms in total. The van der Waals surface area contributed by atoms with Crippen LogP contribution in [0.1, 0.15) is 17.3 Å². The first kappa shape index (κ1) is 19.2. The van der Waals surface area contributed by atoms with Crippen molar-refractivity contribution >= 4 is 40.8 Å². The van der Waals surface area contributed by atoms with Gasteiger partial charge in [0.25, 0.3) is 5.91 Å². The zero-order valence-corrected chi connectivity index (χ0v) is 14.9. The Morgan fingerprint density at radius 3 is 2.48 bits per heavy atom. The molecule has 0 radical (unpaired) electrons. The van der Waals surface area contributed by atoms with Crippen molar-refractivity contribution in [1.82, 2.24) is 0 Å². The third-order valence-electron chi connectivity index (χ3n) is 3.47. The molecular weight excluding hydrogens is 368 g/mol. The Bertz CT molecular complexity index is 755. The number of hydrogen-bond acceptors (Lipinski definition) is 3. The fourth-order valence-electron chi connectivity index (χ4n) is 2.24. The number of ether oxygens (including phenoxy) is 1. The number of alkyl halides is 1. The van der Waals surface area contributed by atoms with E-state index in [1.807, 2.05) is 0 Å². The number of benzene rings is 2. The van der Waals surface area contributed by atoms with Crippen LogP contribution in [0.3, 0.4) is 0 Å². The van der Waals surface area contributed by atoms with E-state index in [4.69, 9.17) is 27.9 Å². The molecule has 1 atom stereocenters. The van der Waals surface area contributed by atoms with E-state index >= 15 is 0 Å². The molecule has 132 valence electrons. The molecule has 0 saturated carbocycles. The molecule has 0 N–H and O–H groups in total. The highest BCUT2D eigenvalue weighted by atomic mass is 35.5. The number of esters is 1. The van der Waals surface area contributed by atoms with Crippen LogP contribution >= 0.6 is 23.2 Å². The van der Waals surface area contributed by atoms with Gasteiger partial charge in [0.2, 0.25) is 0 Å². The van der Waals surface area contributed by atoms with Crippen molar-refractivity contribution in [3.05, 3.63) is 64.9 Å². The lowest BCUT2D eigenvalue weighted by atomic mass is 10.1. The van der Waals surface area contributed by atoms with E-state index in [1.54, 1.807) is 30.3 Å². The molecule has 1 amide bonds. The molecule has 2 rings (SSSR count). The lowest BCUT2D eigenvalue weighted by Crippen LogP contribution is -2.44. The van der Waals surface area contributed by atoms with Crippen LogP contribution in [0.25, 0.3) is 0 Å². The smallest absolute Gasteiger partial charge is 0.329 e. The quantitative estimate of drug-likeness (QED) is 0.551. The molecule has 0 aliphatic heterocycles. The highest BCUT2D eigenvalue weighted by Crippen LogP contribution is 2.26. The van der Waals surface area contributed by atoms with Crippen molar-refractivity contribution in [3.8, 4) is 0 Å². The van der Waals surface area contributed by atoms with Crippen molar-refractivity contribution in [2.24, 2.45) is 0 Å². The van der Waals surface area contributed by atoms with Gasteiger partial charge in [-0.25, -0.2) is 9.18 Å². The van der Waals surface area contributed by atoms with E-state index in [1.165, 1.54) is 24.0 Å². The average Bonchev–Trinajstić information content (AvgIpc) is 2.63. The Balaban J connectivity index is 2.42. The first-order valence-electron chi connectivity index (χ1n) is 7.52. The summed E-state index contributed by atoms with van der Waals surface area (Å²) in [4.78, 5) is 26.4. The molecule has 0 aliphatic carbocycles. The van der Waals surface area contributed by atoms with Gasteiger partial charge in [0.15, 0.2) is 0 Å². The van der Waals surface area contributed by atoms with Crippen LogP contribution in [0.5, 0.6) is 0 Å². The maximum Gasteiger partial charge on any atom is 0.329 e. The number of anilines is 1. The first-order chi connectivity index (χ1) is 12.0. The van der Waals surface area contributed by atoms with Crippen LogP contribution in [-0.4, -0.2) is 30.4 Å². The standard InChI is InChI=1S/C18H16Cl2FNO3/c1-12(18(24)25-10-9-19)22(14-7-8-16(21)15(20)11-14)17(23)13-5-3-2-4-6-13/h2-8,11-12H,9-10H2,1H3. The lowest BCUT2D eigenvalue weighted by Gasteiger charge is -2.28. The molecule has 0 spiro atoms.